The molecule has 2 aromatic heterocycles. The standard InChI is InChI=1S/C19H22N4O4/c1-2-8-20-17(24)14-5-3-6-15(21-14)18(25)22-9-11-23(12-10-22)19(26)16-7-4-13-27-16/h3-7,13H,2,8-12H2,1H3,(H,20,24). The lowest BCUT2D eigenvalue weighted by atomic mass is 10.2. The lowest BCUT2D eigenvalue weighted by molar-refractivity contribution is 0.0515. The molecular formula is C19H22N4O4. The van der Waals surface area contributed by atoms with Crippen LogP contribution < -0.4 is 5.32 Å². The Morgan fingerprint density at radius 3 is 2.30 bits per heavy atom. The predicted molar refractivity (Wildman–Crippen MR) is 97.4 cm³/mol. The zero-order chi connectivity index (χ0) is 19.2. The molecule has 3 heterocycles. The number of hydrogen-bond acceptors (Lipinski definition) is 5. The molecule has 0 unspecified atom stereocenters. The van der Waals surface area contributed by atoms with E-state index in [1.54, 1.807) is 40.1 Å². The average molecular weight is 370 g/mol. The Labute approximate surface area is 157 Å². The van der Waals surface area contributed by atoms with Gasteiger partial charge in [-0.3, -0.25) is 14.4 Å². The van der Waals surface area contributed by atoms with Crippen LogP contribution in [0.4, 0.5) is 0 Å². The molecule has 142 valence electrons. The molecule has 0 saturated carbocycles. The van der Waals surface area contributed by atoms with E-state index >= 15 is 0 Å². The highest BCUT2D eigenvalue weighted by Crippen LogP contribution is 2.12. The largest absolute Gasteiger partial charge is 0.459 e. The van der Waals surface area contributed by atoms with Crippen LogP contribution in [0.25, 0.3) is 0 Å². The fraction of sp³-hybridized carbons (Fsp3) is 0.368. The first kappa shape index (κ1) is 18.6. The summed E-state index contributed by atoms with van der Waals surface area (Å²) in [6, 6.07) is 8.13. The molecule has 2 aromatic rings. The molecule has 1 N–H and O–H groups in total. The minimum absolute atomic E-state index is 0.181. The maximum Gasteiger partial charge on any atom is 0.289 e. The summed E-state index contributed by atoms with van der Waals surface area (Å²) < 4.78 is 5.14. The number of piperazine rings is 1. The molecule has 0 atom stereocenters. The Bertz CT molecular complexity index is 811. The SMILES string of the molecule is CCCNC(=O)c1cccc(C(=O)N2CCN(C(=O)c3ccco3)CC2)n1. The summed E-state index contributed by atoms with van der Waals surface area (Å²) >= 11 is 0. The lowest BCUT2D eigenvalue weighted by Gasteiger charge is -2.34. The minimum Gasteiger partial charge on any atom is -0.459 e. The van der Waals surface area contributed by atoms with Crippen LogP contribution in [0.2, 0.25) is 0 Å². The first-order valence-electron chi connectivity index (χ1n) is 8.97. The lowest BCUT2D eigenvalue weighted by Crippen LogP contribution is -2.50. The van der Waals surface area contributed by atoms with Gasteiger partial charge in [-0.15, -0.1) is 0 Å². The Morgan fingerprint density at radius 2 is 1.67 bits per heavy atom. The van der Waals surface area contributed by atoms with Crippen molar-refractivity contribution in [3.63, 3.8) is 0 Å². The molecule has 27 heavy (non-hydrogen) atoms. The maximum atomic E-state index is 12.7. The quantitative estimate of drug-likeness (QED) is 0.859. The van der Waals surface area contributed by atoms with Crippen molar-refractivity contribution in [2.24, 2.45) is 0 Å². The molecular weight excluding hydrogens is 348 g/mol. The first-order chi connectivity index (χ1) is 13.1. The van der Waals surface area contributed by atoms with E-state index in [2.05, 4.69) is 10.3 Å². The van der Waals surface area contributed by atoms with E-state index in [9.17, 15) is 14.4 Å². The number of nitrogens with zero attached hydrogens (tertiary/aromatic N) is 3. The molecule has 3 rings (SSSR count). The Morgan fingerprint density at radius 1 is 1.00 bits per heavy atom. The van der Waals surface area contributed by atoms with E-state index in [-0.39, 0.29) is 29.1 Å². The molecule has 0 aliphatic carbocycles. The number of pyridine rings is 1. The fourth-order valence-corrected chi connectivity index (χ4v) is 2.84. The highest BCUT2D eigenvalue weighted by atomic mass is 16.3. The van der Waals surface area contributed by atoms with Crippen LogP contribution in [0, 0.1) is 0 Å². The summed E-state index contributed by atoms with van der Waals surface area (Å²) in [7, 11) is 0. The van der Waals surface area contributed by atoms with Crippen molar-refractivity contribution in [2.45, 2.75) is 13.3 Å². The number of rotatable bonds is 5. The van der Waals surface area contributed by atoms with E-state index in [0.717, 1.165) is 6.42 Å². The molecule has 8 nitrogen and oxygen atoms in total. The smallest absolute Gasteiger partial charge is 0.289 e. The van der Waals surface area contributed by atoms with Gasteiger partial charge in [-0.2, -0.15) is 0 Å². The summed E-state index contributed by atoms with van der Waals surface area (Å²) in [6.45, 7) is 4.16. The van der Waals surface area contributed by atoms with Crippen molar-refractivity contribution in [3.8, 4) is 0 Å². The van der Waals surface area contributed by atoms with Gasteiger partial charge in [-0.25, -0.2) is 4.98 Å². The van der Waals surface area contributed by atoms with Crippen molar-refractivity contribution in [1.82, 2.24) is 20.1 Å². The van der Waals surface area contributed by atoms with E-state index < -0.39 is 0 Å². The van der Waals surface area contributed by atoms with Gasteiger partial charge in [0.2, 0.25) is 0 Å². The van der Waals surface area contributed by atoms with E-state index in [1.807, 2.05) is 6.92 Å². The first-order valence-corrected chi connectivity index (χ1v) is 8.97. The second-order valence-electron chi connectivity index (χ2n) is 6.23. The van der Waals surface area contributed by atoms with Gasteiger partial charge in [-0.05, 0) is 30.7 Å². The van der Waals surface area contributed by atoms with Gasteiger partial charge >= 0.3 is 0 Å². The van der Waals surface area contributed by atoms with Crippen LogP contribution in [0.5, 0.6) is 0 Å². The topological polar surface area (TPSA) is 95.8 Å². The van der Waals surface area contributed by atoms with Crippen LogP contribution in [0.1, 0.15) is 44.9 Å². The van der Waals surface area contributed by atoms with Gasteiger partial charge in [0.25, 0.3) is 17.7 Å². The van der Waals surface area contributed by atoms with Crippen LogP contribution in [-0.2, 0) is 0 Å². The maximum absolute atomic E-state index is 12.7. The third-order valence-electron chi connectivity index (χ3n) is 4.32. The average Bonchev–Trinajstić information content (AvgIpc) is 3.26. The van der Waals surface area contributed by atoms with Crippen LogP contribution in [0.15, 0.2) is 41.0 Å². The van der Waals surface area contributed by atoms with Crippen molar-refractivity contribution in [1.29, 1.82) is 0 Å². The Kier molecular flexibility index (Phi) is 5.85. The number of nitrogens with one attached hydrogen (secondary N) is 1. The van der Waals surface area contributed by atoms with Crippen molar-refractivity contribution in [3.05, 3.63) is 53.7 Å². The number of hydrogen-bond donors (Lipinski definition) is 1. The number of carbonyl (C=O) groups excluding carboxylic acids is 3. The second kappa shape index (κ2) is 8.48. The molecule has 1 saturated heterocycles. The Hall–Kier alpha value is -3.16. The van der Waals surface area contributed by atoms with Crippen LogP contribution in [-0.4, -0.2) is 65.2 Å². The van der Waals surface area contributed by atoms with Gasteiger partial charge in [0.1, 0.15) is 11.4 Å². The number of furan rings is 1. The third kappa shape index (κ3) is 4.33. The molecule has 1 aliphatic heterocycles. The van der Waals surface area contributed by atoms with Crippen molar-refractivity contribution < 1.29 is 18.8 Å². The summed E-state index contributed by atoms with van der Waals surface area (Å²) in [5.74, 6) is -0.423. The second-order valence-corrected chi connectivity index (χ2v) is 6.23. The van der Waals surface area contributed by atoms with E-state index in [4.69, 9.17) is 4.42 Å². The van der Waals surface area contributed by atoms with Crippen molar-refractivity contribution in [2.75, 3.05) is 32.7 Å². The highest BCUT2D eigenvalue weighted by Gasteiger charge is 2.27. The molecule has 0 aromatic carbocycles. The molecule has 0 radical (unpaired) electrons. The molecule has 8 heteroatoms. The summed E-state index contributed by atoms with van der Waals surface area (Å²) in [5, 5.41) is 2.75. The van der Waals surface area contributed by atoms with Crippen molar-refractivity contribution >= 4 is 17.7 Å². The van der Waals surface area contributed by atoms with Crippen LogP contribution >= 0.6 is 0 Å². The monoisotopic (exact) mass is 370 g/mol. The van der Waals surface area contributed by atoms with Crippen LogP contribution in [0.3, 0.4) is 0 Å². The van der Waals surface area contributed by atoms with Gasteiger partial charge in [0.05, 0.1) is 6.26 Å². The molecule has 1 aliphatic rings. The summed E-state index contributed by atoms with van der Waals surface area (Å²) in [6.07, 6.45) is 2.29. The van der Waals surface area contributed by atoms with E-state index in [1.165, 1.54) is 6.26 Å². The van der Waals surface area contributed by atoms with Gasteiger partial charge in [0, 0.05) is 32.7 Å². The number of carbonyl (C=O) groups is 3. The minimum atomic E-state index is -0.291. The van der Waals surface area contributed by atoms with Gasteiger partial charge < -0.3 is 19.5 Å². The fourth-order valence-electron chi connectivity index (χ4n) is 2.84. The highest BCUT2D eigenvalue weighted by molar-refractivity contribution is 5.96. The summed E-state index contributed by atoms with van der Waals surface area (Å²) in [5.41, 5.74) is 0.450. The molecule has 3 amide bonds. The molecule has 0 bridgehead atoms. The molecule has 1 fully saturated rings. The zero-order valence-electron chi connectivity index (χ0n) is 15.2. The number of amides is 3. The van der Waals surface area contributed by atoms with E-state index in [0.29, 0.717) is 38.5 Å². The zero-order valence-corrected chi connectivity index (χ0v) is 15.2. The normalized spacial score (nSPS) is 14.1. The third-order valence-corrected chi connectivity index (χ3v) is 4.32. The Balaban J connectivity index is 1.61. The number of aromatic nitrogens is 1. The predicted octanol–water partition coefficient (Wildman–Crippen LogP) is 1.41. The summed E-state index contributed by atoms with van der Waals surface area (Å²) in [4.78, 5) is 44.5. The van der Waals surface area contributed by atoms with Gasteiger partial charge in [-0.1, -0.05) is 13.0 Å². The van der Waals surface area contributed by atoms with Gasteiger partial charge in [0.15, 0.2) is 5.76 Å². The molecule has 0 spiro atoms.